The number of carboxylic acids is 2. The van der Waals surface area contributed by atoms with Gasteiger partial charge in [-0.3, -0.25) is 19.2 Å². The van der Waals surface area contributed by atoms with Crippen LogP contribution in [-0.4, -0.2) is 58.0 Å². The Kier molecular flexibility index (Phi) is 5.51. The van der Waals surface area contributed by atoms with Crippen LogP contribution in [0.4, 0.5) is 0 Å². The number of fused-ring (bicyclic) bond motifs is 1. The number of aliphatic carboxylic acids is 2. The number of hydrogen-bond donors (Lipinski definition) is 3. The van der Waals surface area contributed by atoms with Crippen LogP contribution in [0.2, 0.25) is 0 Å². The third-order valence-electron chi connectivity index (χ3n) is 3.81. The average Bonchev–Trinajstić information content (AvgIpc) is 2.53. The van der Waals surface area contributed by atoms with E-state index >= 15 is 0 Å². The van der Waals surface area contributed by atoms with Crippen molar-refractivity contribution in [3.05, 3.63) is 35.4 Å². The molecule has 0 saturated carbocycles. The molecular formula is C16H18N2O6. The molecule has 1 unspecified atom stereocenters. The van der Waals surface area contributed by atoms with Crippen molar-refractivity contribution in [1.29, 1.82) is 0 Å². The molecule has 8 nitrogen and oxygen atoms in total. The summed E-state index contributed by atoms with van der Waals surface area (Å²) in [6.07, 6.45) is -0.231. The minimum atomic E-state index is -1.06. The molecule has 0 spiro atoms. The Bertz CT molecular complexity index is 672. The Labute approximate surface area is 138 Å². The van der Waals surface area contributed by atoms with Gasteiger partial charge in [0.05, 0.1) is 12.8 Å². The monoisotopic (exact) mass is 334 g/mol. The van der Waals surface area contributed by atoms with Gasteiger partial charge in [-0.15, -0.1) is 0 Å². The van der Waals surface area contributed by atoms with Gasteiger partial charge in [-0.05, 0) is 11.6 Å². The van der Waals surface area contributed by atoms with Gasteiger partial charge in [0.2, 0.25) is 5.91 Å². The molecule has 1 aliphatic rings. The van der Waals surface area contributed by atoms with Crippen molar-refractivity contribution in [1.82, 2.24) is 10.2 Å². The molecule has 24 heavy (non-hydrogen) atoms. The Morgan fingerprint density at radius 2 is 1.79 bits per heavy atom. The fraction of sp³-hybridized carbons (Fsp3) is 0.375. The second kappa shape index (κ2) is 7.58. The van der Waals surface area contributed by atoms with Gasteiger partial charge in [0.15, 0.2) is 0 Å². The molecule has 1 aromatic carbocycles. The summed E-state index contributed by atoms with van der Waals surface area (Å²) in [7, 11) is 0. The Balaban J connectivity index is 2.18. The molecule has 0 radical (unpaired) electrons. The lowest BCUT2D eigenvalue weighted by Gasteiger charge is -2.35. The van der Waals surface area contributed by atoms with Crippen molar-refractivity contribution in [2.24, 2.45) is 0 Å². The highest BCUT2D eigenvalue weighted by Gasteiger charge is 2.36. The van der Waals surface area contributed by atoms with Gasteiger partial charge in [-0.1, -0.05) is 18.2 Å². The highest BCUT2D eigenvalue weighted by Crippen LogP contribution is 2.23. The number of carbonyl (C=O) groups is 4. The second-order valence-corrected chi connectivity index (χ2v) is 5.45. The largest absolute Gasteiger partial charge is 0.481 e. The minimum absolute atomic E-state index is 0.0483. The standard InChI is InChI=1S/C16H18N2O6/c19-13(20)5-7-17-15(23)12-9-10-3-1-2-4-11(10)16(24)18(12)8-6-14(21)22/h1-4,12H,5-9H2,(H,17,23)(H,19,20)(H,21,22). The third-order valence-corrected chi connectivity index (χ3v) is 3.81. The molecule has 0 aromatic heterocycles. The number of carbonyl (C=O) groups excluding carboxylic acids is 2. The van der Waals surface area contributed by atoms with Crippen molar-refractivity contribution < 1.29 is 29.4 Å². The van der Waals surface area contributed by atoms with E-state index in [1.54, 1.807) is 24.3 Å². The lowest BCUT2D eigenvalue weighted by molar-refractivity contribution is -0.139. The van der Waals surface area contributed by atoms with E-state index in [0.717, 1.165) is 0 Å². The van der Waals surface area contributed by atoms with Crippen molar-refractivity contribution in [3.63, 3.8) is 0 Å². The van der Waals surface area contributed by atoms with Crippen molar-refractivity contribution in [2.75, 3.05) is 13.1 Å². The second-order valence-electron chi connectivity index (χ2n) is 5.45. The number of rotatable bonds is 7. The molecular weight excluding hydrogens is 316 g/mol. The summed E-state index contributed by atoms with van der Waals surface area (Å²) < 4.78 is 0. The number of hydrogen-bond acceptors (Lipinski definition) is 4. The Morgan fingerprint density at radius 3 is 2.46 bits per heavy atom. The van der Waals surface area contributed by atoms with Gasteiger partial charge >= 0.3 is 11.9 Å². The van der Waals surface area contributed by atoms with E-state index in [2.05, 4.69) is 5.32 Å². The average molecular weight is 334 g/mol. The molecule has 8 heteroatoms. The van der Waals surface area contributed by atoms with Gasteiger partial charge in [0.25, 0.3) is 5.91 Å². The lowest BCUT2D eigenvalue weighted by atomic mass is 9.92. The molecule has 0 bridgehead atoms. The molecule has 128 valence electrons. The maximum Gasteiger partial charge on any atom is 0.305 e. The first-order chi connectivity index (χ1) is 11.4. The number of nitrogens with one attached hydrogen (secondary N) is 1. The van der Waals surface area contributed by atoms with Crippen molar-refractivity contribution >= 4 is 23.8 Å². The fourth-order valence-electron chi connectivity index (χ4n) is 2.64. The zero-order valence-electron chi connectivity index (χ0n) is 12.9. The first-order valence-electron chi connectivity index (χ1n) is 7.50. The van der Waals surface area contributed by atoms with E-state index in [1.165, 1.54) is 4.90 Å². The SMILES string of the molecule is O=C(O)CCNC(=O)C1Cc2ccccc2C(=O)N1CCC(=O)O. The van der Waals surface area contributed by atoms with Gasteiger partial charge in [0, 0.05) is 25.1 Å². The maximum absolute atomic E-state index is 12.6. The topological polar surface area (TPSA) is 124 Å². The summed E-state index contributed by atoms with van der Waals surface area (Å²) in [4.78, 5) is 47.5. The summed E-state index contributed by atoms with van der Waals surface area (Å²) in [6, 6.07) is 6.02. The molecule has 1 aliphatic heterocycles. The quantitative estimate of drug-likeness (QED) is 0.650. The van der Waals surface area contributed by atoms with E-state index in [9.17, 15) is 19.2 Å². The normalized spacial score (nSPS) is 16.4. The van der Waals surface area contributed by atoms with Crippen LogP contribution in [0, 0.1) is 0 Å². The molecule has 0 saturated heterocycles. The van der Waals surface area contributed by atoms with E-state index in [4.69, 9.17) is 10.2 Å². The van der Waals surface area contributed by atoms with Gasteiger partial charge in [0.1, 0.15) is 6.04 Å². The highest BCUT2D eigenvalue weighted by atomic mass is 16.4. The zero-order valence-corrected chi connectivity index (χ0v) is 12.9. The van der Waals surface area contributed by atoms with Crippen LogP contribution in [0.3, 0.4) is 0 Å². The number of carboxylic acid groups (broad SMARTS) is 2. The van der Waals surface area contributed by atoms with Crippen molar-refractivity contribution in [3.8, 4) is 0 Å². The first kappa shape index (κ1) is 17.5. The van der Waals surface area contributed by atoms with Crippen molar-refractivity contribution in [2.45, 2.75) is 25.3 Å². The van der Waals surface area contributed by atoms with Crippen LogP contribution in [0.5, 0.6) is 0 Å². The van der Waals surface area contributed by atoms with Gasteiger partial charge in [-0.2, -0.15) is 0 Å². The molecule has 0 fully saturated rings. The van der Waals surface area contributed by atoms with Crippen LogP contribution >= 0.6 is 0 Å². The summed E-state index contributed by atoms with van der Waals surface area (Å²) in [5.41, 5.74) is 1.17. The molecule has 1 atom stereocenters. The van der Waals surface area contributed by atoms with Crippen LogP contribution in [0.25, 0.3) is 0 Å². The van der Waals surface area contributed by atoms with Gasteiger partial charge < -0.3 is 20.4 Å². The van der Waals surface area contributed by atoms with E-state index in [1.807, 2.05) is 0 Å². The van der Waals surface area contributed by atoms with Crippen LogP contribution in [0.1, 0.15) is 28.8 Å². The highest BCUT2D eigenvalue weighted by molar-refractivity contribution is 6.01. The predicted octanol–water partition coefficient (Wildman–Crippen LogP) is 0.119. The maximum atomic E-state index is 12.6. The zero-order chi connectivity index (χ0) is 17.7. The molecule has 1 aromatic rings. The Hall–Kier alpha value is -2.90. The molecule has 0 aliphatic carbocycles. The Morgan fingerprint density at radius 1 is 1.12 bits per heavy atom. The first-order valence-corrected chi connectivity index (χ1v) is 7.50. The summed E-state index contributed by atoms with van der Waals surface area (Å²) >= 11 is 0. The summed E-state index contributed by atoms with van der Waals surface area (Å²) in [5.74, 6) is -2.98. The molecule has 2 amide bonds. The molecule has 3 N–H and O–H groups in total. The summed E-state index contributed by atoms with van der Waals surface area (Å²) in [5, 5.41) is 20.0. The molecule has 1 heterocycles. The van der Waals surface area contributed by atoms with E-state index in [-0.39, 0.29) is 32.4 Å². The minimum Gasteiger partial charge on any atom is -0.481 e. The number of benzene rings is 1. The van der Waals surface area contributed by atoms with Crippen LogP contribution < -0.4 is 5.32 Å². The predicted molar refractivity (Wildman–Crippen MR) is 82.5 cm³/mol. The summed E-state index contributed by atoms with van der Waals surface area (Å²) in [6.45, 7) is -0.132. The van der Waals surface area contributed by atoms with E-state index in [0.29, 0.717) is 11.1 Å². The van der Waals surface area contributed by atoms with Crippen LogP contribution in [-0.2, 0) is 20.8 Å². The molecule has 2 rings (SSSR count). The van der Waals surface area contributed by atoms with Gasteiger partial charge in [-0.25, -0.2) is 0 Å². The fourth-order valence-corrected chi connectivity index (χ4v) is 2.64. The number of amides is 2. The van der Waals surface area contributed by atoms with E-state index < -0.39 is 29.8 Å². The smallest absolute Gasteiger partial charge is 0.305 e. The lowest BCUT2D eigenvalue weighted by Crippen LogP contribution is -2.54. The number of nitrogens with zero attached hydrogens (tertiary/aromatic N) is 1. The third kappa shape index (κ3) is 4.09. The van der Waals surface area contributed by atoms with Crippen LogP contribution in [0.15, 0.2) is 24.3 Å².